The van der Waals surface area contributed by atoms with Crippen LogP contribution in [0, 0.1) is 6.92 Å². The fraction of sp³-hybridized carbons (Fsp3) is 0.129. The normalized spacial score (nSPS) is 11.0. The maximum absolute atomic E-state index is 13.6. The Balaban J connectivity index is 1.39. The molecular weight excluding hydrogens is 670 g/mol. The minimum absolute atomic E-state index is 0.00637. The van der Waals surface area contributed by atoms with Crippen LogP contribution < -0.4 is 24.2 Å². The number of aromatic nitrogens is 9. The number of para-hydroxylation sites is 2. The van der Waals surface area contributed by atoms with Crippen LogP contribution in [-0.2, 0) is 14.8 Å². The number of anilines is 2. The topological polar surface area (TPSA) is 231 Å². The lowest BCUT2D eigenvalue weighted by molar-refractivity contribution is 0.135. The van der Waals surface area contributed by atoms with Crippen molar-refractivity contribution in [3.05, 3.63) is 90.9 Å². The first-order chi connectivity index (χ1) is 24.3. The van der Waals surface area contributed by atoms with Crippen molar-refractivity contribution in [3.8, 4) is 46.0 Å². The van der Waals surface area contributed by atoms with E-state index in [-0.39, 0.29) is 53.1 Å². The summed E-state index contributed by atoms with van der Waals surface area (Å²) in [6.07, 6.45) is 3.64. The van der Waals surface area contributed by atoms with E-state index in [9.17, 15) is 13.2 Å². The van der Waals surface area contributed by atoms with Crippen molar-refractivity contribution in [3.63, 3.8) is 0 Å². The quantitative estimate of drug-likeness (QED) is 0.145. The molecule has 6 rings (SSSR count). The lowest BCUT2D eigenvalue weighted by Crippen LogP contribution is -2.19. The van der Waals surface area contributed by atoms with Crippen LogP contribution in [-0.4, -0.2) is 80.4 Å². The number of benzene rings is 1. The smallest absolute Gasteiger partial charge is 0.412 e. The number of nitrogens with one attached hydrogen (secondary N) is 3. The largest absolute Gasteiger partial charge is 0.493 e. The highest BCUT2D eigenvalue weighted by molar-refractivity contribution is 7.92. The van der Waals surface area contributed by atoms with Gasteiger partial charge in [0.1, 0.15) is 24.7 Å². The number of tetrazole rings is 1. The lowest BCUT2D eigenvalue weighted by atomic mass is 10.2. The number of methoxy groups -OCH3 is 1. The van der Waals surface area contributed by atoms with E-state index in [0.29, 0.717) is 22.8 Å². The molecule has 0 radical (unpaired) electrons. The summed E-state index contributed by atoms with van der Waals surface area (Å²) < 4.78 is 52.6. The number of hydrogen-bond acceptors (Lipinski definition) is 15. The Morgan fingerprint density at radius 3 is 2.50 bits per heavy atom. The van der Waals surface area contributed by atoms with Crippen LogP contribution in [0.4, 0.5) is 16.4 Å². The molecule has 254 valence electrons. The Labute approximate surface area is 284 Å². The fourth-order valence-electron chi connectivity index (χ4n) is 4.24. The molecule has 0 aliphatic carbocycles. The Bertz CT molecular complexity index is 2190. The standard InChI is InChI=1S/C31H27N11O7S/c1-19-10-11-25(34-18-19)50(44,45)40-29-26(49-23-8-4-3-7-22(23)46-2)30(47-15-16-48-31(43)35-24-9-5-6-13-33-24)37-27(36-29)20-12-14-32-21(17-20)28-38-41-42-39-28/h3-14,17-18H,15-16H2,1-2H3,(H,33,35,43)(H,36,37,40)(H,38,39,41,42). The van der Waals surface area contributed by atoms with Crippen molar-refractivity contribution in [2.75, 3.05) is 30.4 Å². The molecule has 50 heavy (non-hydrogen) atoms. The van der Waals surface area contributed by atoms with Gasteiger partial charge in [0.2, 0.25) is 5.75 Å². The van der Waals surface area contributed by atoms with Crippen molar-refractivity contribution in [2.45, 2.75) is 11.9 Å². The van der Waals surface area contributed by atoms with Gasteiger partial charge in [-0.05, 0) is 65.4 Å². The number of carbonyl (C=O) groups excluding carboxylic acids is 1. The average molecular weight is 698 g/mol. The zero-order valence-electron chi connectivity index (χ0n) is 26.3. The third-order valence-corrected chi connectivity index (χ3v) is 7.82. The number of hydrogen-bond donors (Lipinski definition) is 3. The molecule has 18 nitrogen and oxygen atoms in total. The zero-order valence-corrected chi connectivity index (χ0v) is 27.2. The first kappa shape index (κ1) is 33.2. The minimum atomic E-state index is -4.33. The average Bonchev–Trinajstić information content (AvgIpc) is 3.67. The molecule has 5 heterocycles. The minimum Gasteiger partial charge on any atom is -0.493 e. The third kappa shape index (κ3) is 8.02. The van der Waals surface area contributed by atoms with Gasteiger partial charge in [-0.2, -0.15) is 13.4 Å². The number of nitrogens with zero attached hydrogens (tertiary/aromatic N) is 8. The molecule has 3 N–H and O–H groups in total. The van der Waals surface area contributed by atoms with Crippen molar-refractivity contribution in [2.24, 2.45) is 0 Å². The molecule has 0 bridgehead atoms. The van der Waals surface area contributed by atoms with Gasteiger partial charge in [0, 0.05) is 24.2 Å². The summed E-state index contributed by atoms with van der Waals surface area (Å²) >= 11 is 0. The van der Waals surface area contributed by atoms with Crippen LogP contribution in [0.2, 0.25) is 0 Å². The molecule has 5 aromatic heterocycles. The molecule has 0 aliphatic rings. The van der Waals surface area contributed by atoms with Crippen LogP contribution >= 0.6 is 0 Å². The monoisotopic (exact) mass is 697 g/mol. The second kappa shape index (κ2) is 15.0. The van der Waals surface area contributed by atoms with Crippen molar-refractivity contribution in [1.82, 2.24) is 45.5 Å². The molecule has 1 amide bonds. The first-order valence-corrected chi connectivity index (χ1v) is 16.1. The van der Waals surface area contributed by atoms with E-state index in [2.05, 4.69) is 55.6 Å². The van der Waals surface area contributed by atoms with Gasteiger partial charge < -0.3 is 18.9 Å². The lowest BCUT2D eigenvalue weighted by Gasteiger charge is -2.18. The fourth-order valence-corrected chi connectivity index (χ4v) is 5.18. The summed E-state index contributed by atoms with van der Waals surface area (Å²) in [4.78, 5) is 33.8. The molecular formula is C31H27N11O7S. The second-order valence-corrected chi connectivity index (χ2v) is 11.7. The number of rotatable bonds is 13. The van der Waals surface area contributed by atoms with Gasteiger partial charge in [-0.25, -0.2) is 24.8 Å². The summed E-state index contributed by atoms with van der Waals surface area (Å²) in [5.74, 6) is 0.366. The predicted octanol–water partition coefficient (Wildman–Crippen LogP) is 4.05. The predicted molar refractivity (Wildman–Crippen MR) is 176 cm³/mol. The van der Waals surface area contributed by atoms with Gasteiger partial charge in [-0.3, -0.25) is 15.0 Å². The van der Waals surface area contributed by atoms with Crippen molar-refractivity contribution in [1.29, 1.82) is 0 Å². The molecule has 0 atom stereocenters. The maximum atomic E-state index is 13.6. The van der Waals surface area contributed by atoms with E-state index in [0.717, 1.165) is 5.56 Å². The molecule has 0 unspecified atom stereocenters. The highest BCUT2D eigenvalue weighted by Crippen LogP contribution is 2.41. The number of amides is 1. The highest BCUT2D eigenvalue weighted by Gasteiger charge is 2.26. The Morgan fingerprint density at radius 1 is 0.920 bits per heavy atom. The van der Waals surface area contributed by atoms with Gasteiger partial charge in [-0.15, -0.1) is 5.10 Å². The van der Waals surface area contributed by atoms with E-state index in [1.54, 1.807) is 67.6 Å². The van der Waals surface area contributed by atoms with Crippen LogP contribution in [0.1, 0.15) is 5.56 Å². The molecule has 6 aromatic rings. The summed E-state index contributed by atoms with van der Waals surface area (Å²) in [5.41, 5.74) is 1.50. The van der Waals surface area contributed by atoms with Crippen LogP contribution in [0.5, 0.6) is 23.1 Å². The SMILES string of the molecule is COc1ccccc1Oc1c(NS(=O)(=O)c2ccc(C)cn2)nc(-c2ccnc(-c3nnn[nH]3)c2)nc1OCCOC(=O)Nc1ccccn1. The molecule has 0 saturated carbocycles. The number of ether oxygens (including phenoxy) is 4. The van der Waals surface area contributed by atoms with E-state index >= 15 is 0 Å². The van der Waals surface area contributed by atoms with E-state index in [1.807, 2.05) is 0 Å². The molecule has 0 fully saturated rings. The van der Waals surface area contributed by atoms with E-state index in [4.69, 9.17) is 18.9 Å². The number of aryl methyl sites for hydroxylation is 1. The van der Waals surface area contributed by atoms with Crippen LogP contribution in [0.25, 0.3) is 22.9 Å². The number of sulfonamides is 1. The number of H-pyrrole nitrogens is 1. The summed E-state index contributed by atoms with van der Waals surface area (Å²) in [6, 6.07) is 17.8. The van der Waals surface area contributed by atoms with Gasteiger partial charge in [0.25, 0.3) is 15.9 Å². The van der Waals surface area contributed by atoms with Gasteiger partial charge in [-0.1, -0.05) is 24.3 Å². The van der Waals surface area contributed by atoms with Gasteiger partial charge in [0.15, 0.2) is 34.0 Å². The molecule has 0 aliphatic heterocycles. The number of carbonyl (C=O) groups is 1. The summed E-state index contributed by atoms with van der Waals surface area (Å²) in [7, 11) is -2.88. The number of aromatic amines is 1. The molecule has 19 heteroatoms. The molecule has 1 aromatic carbocycles. The number of pyridine rings is 3. The Morgan fingerprint density at radius 2 is 1.76 bits per heavy atom. The Hall–Kier alpha value is -6.76. The second-order valence-electron chi connectivity index (χ2n) is 10.1. The van der Waals surface area contributed by atoms with Gasteiger partial charge >= 0.3 is 6.09 Å². The van der Waals surface area contributed by atoms with Crippen LogP contribution in [0.3, 0.4) is 0 Å². The molecule has 0 saturated heterocycles. The van der Waals surface area contributed by atoms with E-state index in [1.165, 1.54) is 31.8 Å². The summed E-state index contributed by atoms with van der Waals surface area (Å²) in [5, 5.41) is 15.9. The maximum Gasteiger partial charge on any atom is 0.412 e. The van der Waals surface area contributed by atoms with Gasteiger partial charge in [0.05, 0.1) is 7.11 Å². The van der Waals surface area contributed by atoms with E-state index < -0.39 is 16.1 Å². The zero-order chi connectivity index (χ0) is 34.9. The van der Waals surface area contributed by atoms with Crippen LogP contribution in [0.15, 0.2) is 90.3 Å². The van der Waals surface area contributed by atoms with Crippen molar-refractivity contribution < 1.29 is 32.2 Å². The first-order valence-electron chi connectivity index (χ1n) is 14.7. The summed E-state index contributed by atoms with van der Waals surface area (Å²) in [6.45, 7) is 1.31. The highest BCUT2D eigenvalue weighted by atomic mass is 32.2. The molecule has 0 spiro atoms. The van der Waals surface area contributed by atoms with Crippen molar-refractivity contribution >= 4 is 27.8 Å². The Kier molecular flexibility index (Phi) is 9.94. The third-order valence-electron chi connectivity index (χ3n) is 6.56.